The first-order chi connectivity index (χ1) is 8.99. The third-order valence-corrected chi connectivity index (χ3v) is 3.66. The van der Waals surface area contributed by atoms with Crippen molar-refractivity contribution >= 4 is 15.9 Å². The highest BCUT2D eigenvalue weighted by molar-refractivity contribution is 9.10. The molecule has 0 heterocycles. The normalized spacial score (nSPS) is 12.7. The Hall–Kier alpha value is -1.19. The van der Waals surface area contributed by atoms with Crippen molar-refractivity contribution in [3.63, 3.8) is 0 Å². The zero-order chi connectivity index (χ0) is 14.0. The van der Waals surface area contributed by atoms with Crippen LogP contribution in [0.2, 0.25) is 0 Å². The summed E-state index contributed by atoms with van der Waals surface area (Å²) in [6, 6.07) is 12.2. The first-order valence-corrected chi connectivity index (χ1v) is 7.01. The van der Waals surface area contributed by atoms with Crippen molar-refractivity contribution in [3.05, 3.63) is 69.4 Å². The second-order valence-corrected chi connectivity index (χ2v) is 5.81. The van der Waals surface area contributed by atoms with E-state index in [1.807, 2.05) is 24.3 Å². The summed E-state index contributed by atoms with van der Waals surface area (Å²) in [6.07, 6.45) is -0.946. The Bertz CT molecular complexity index is 563. The van der Waals surface area contributed by atoms with E-state index < -0.39 is 11.9 Å². The zero-order valence-corrected chi connectivity index (χ0v) is 12.5. The van der Waals surface area contributed by atoms with Gasteiger partial charge in [-0.3, -0.25) is 0 Å². The van der Waals surface area contributed by atoms with Gasteiger partial charge in [-0.2, -0.15) is 0 Å². The van der Waals surface area contributed by atoms with Gasteiger partial charge in [0.1, 0.15) is 11.9 Å². The maximum atomic E-state index is 13.7. The molecule has 1 atom stereocenters. The van der Waals surface area contributed by atoms with Crippen LogP contribution in [0.4, 0.5) is 4.39 Å². The minimum absolute atomic E-state index is 0.284. The molecule has 1 nitrogen and oxygen atoms in total. The number of benzene rings is 2. The molecular formula is C16H16BrFO. The lowest BCUT2D eigenvalue weighted by Gasteiger charge is -2.14. The highest BCUT2D eigenvalue weighted by atomic mass is 79.9. The second-order valence-electron chi connectivity index (χ2n) is 4.89. The summed E-state index contributed by atoms with van der Waals surface area (Å²) in [4.78, 5) is 0. The number of aliphatic hydroxyl groups is 1. The Morgan fingerprint density at radius 3 is 2.16 bits per heavy atom. The van der Waals surface area contributed by atoms with E-state index in [2.05, 4.69) is 29.8 Å². The SMILES string of the molecule is CC(C)c1ccc(C(O)c2cc(Br)ccc2F)cc1. The summed E-state index contributed by atoms with van der Waals surface area (Å²) in [7, 11) is 0. The van der Waals surface area contributed by atoms with Gasteiger partial charge in [0, 0.05) is 10.0 Å². The number of halogens is 2. The number of hydrogen-bond acceptors (Lipinski definition) is 1. The number of aliphatic hydroxyl groups excluding tert-OH is 1. The van der Waals surface area contributed by atoms with Crippen molar-refractivity contribution in [2.24, 2.45) is 0 Å². The van der Waals surface area contributed by atoms with E-state index in [1.54, 1.807) is 12.1 Å². The molecule has 0 saturated carbocycles. The van der Waals surface area contributed by atoms with E-state index in [1.165, 1.54) is 11.6 Å². The van der Waals surface area contributed by atoms with E-state index in [-0.39, 0.29) is 5.56 Å². The first kappa shape index (κ1) is 14.2. The predicted molar refractivity (Wildman–Crippen MR) is 78.7 cm³/mol. The molecule has 2 rings (SSSR count). The van der Waals surface area contributed by atoms with Crippen LogP contribution < -0.4 is 0 Å². The Morgan fingerprint density at radius 1 is 1.00 bits per heavy atom. The molecule has 0 aromatic heterocycles. The van der Waals surface area contributed by atoms with Crippen LogP contribution >= 0.6 is 15.9 Å². The molecule has 0 aliphatic rings. The summed E-state index contributed by atoms with van der Waals surface area (Å²) < 4.78 is 14.5. The largest absolute Gasteiger partial charge is 0.384 e. The summed E-state index contributed by atoms with van der Waals surface area (Å²) in [5, 5.41) is 10.3. The molecule has 0 amide bonds. The molecule has 1 N–H and O–H groups in total. The van der Waals surface area contributed by atoms with Crippen molar-refractivity contribution in [1.82, 2.24) is 0 Å². The van der Waals surface area contributed by atoms with Crippen LogP contribution in [0.3, 0.4) is 0 Å². The van der Waals surface area contributed by atoms with Crippen LogP contribution in [0.25, 0.3) is 0 Å². The highest BCUT2D eigenvalue weighted by Gasteiger charge is 2.15. The van der Waals surface area contributed by atoms with E-state index in [0.29, 0.717) is 11.5 Å². The third-order valence-electron chi connectivity index (χ3n) is 3.17. The fourth-order valence-corrected chi connectivity index (χ4v) is 2.35. The maximum absolute atomic E-state index is 13.7. The van der Waals surface area contributed by atoms with Crippen molar-refractivity contribution < 1.29 is 9.50 Å². The molecule has 19 heavy (non-hydrogen) atoms. The summed E-state index contributed by atoms with van der Waals surface area (Å²) in [5.41, 5.74) is 2.18. The Morgan fingerprint density at radius 2 is 1.58 bits per heavy atom. The molecule has 0 aliphatic carbocycles. The summed E-state index contributed by atoms with van der Waals surface area (Å²) in [5.74, 6) is 0.0393. The molecule has 0 bridgehead atoms. The van der Waals surface area contributed by atoms with Gasteiger partial charge in [-0.05, 0) is 35.2 Å². The summed E-state index contributed by atoms with van der Waals surface area (Å²) >= 11 is 3.29. The van der Waals surface area contributed by atoms with Gasteiger partial charge in [-0.1, -0.05) is 54.0 Å². The van der Waals surface area contributed by atoms with E-state index in [4.69, 9.17) is 0 Å². The lowest BCUT2D eigenvalue weighted by atomic mass is 9.97. The van der Waals surface area contributed by atoms with Gasteiger partial charge in [0.15, 0.2) is 0 Å². The molecule has 2 aromatic carbocycles. The summed E-state index contributed by atoms with van der Waals surface area (Å²) in [6.45, 7) is 4.22. The molecule has 0 spiro atoms. The van der Waals surface area contributed by atoms with E-state index in [0.717, 1.165) is 4.47 Å². The molecule has 1 unspecified atom stereocenters. The molecule has 100 valence electrons. The topological polar surface area (TPSA) is 20.2 Å². The average molecular weight is 323 g/mol. The van der Waals surface area contributed by atoms with Gasteiger partial charge in [-0.15, -0.1) is 0 Å². The first-order valence-electron chi connectivity index (χ1n) is 6.22. The van der Waals surface area contributed by atoms with Gasteiger partial charge in [-0.25, -0.2) is 4.39 Å². The highest BCUT2D eigenvalue weighted by Crippen LogP contribution is 2.28. The molecule has 0 aliphatic heterocycles. The van der Waals surface area contributed by atoms with Crippen molar-refractivity contribution in [2.45, 2.75) is 25.9 Å². The Kier molecular flexibility index (Phi) is 4.38. The predicted octanol–water partition coefficient (Wildman–Crippen LogP) is 4.79. The van der Waals surface area contributed by atoms with Gasteiger partial charge in [0.25, 0.3) is 0 Å². The van der Waals surface area contributed by atoms with Crippen molar-refractivity contribution in [3.8, 4) is 0 Å². The monoisotopic (exact) mass is 322 g/mol. The fourth-order valence-electron chi connectivity index (χ4n) is 1.97. The Balaban J connectivity index is 2.33. The minimum atomic E-state index is -0.946. The Labute approximate surface area is 121 Å². The van der Waals surface area contributed by atoms with Crippen molar-refractivity contribution in [1.29, 1.82) is 0 Å². The fraction of sp³-hybridized carbons (Fsp3) is 0.250. The van der Waals surface area contributed by atoms with Gasteiger partial charge >= 0.3 is 0 Å². The number of rotatable bonds is 3. The second kappa shape index (κ2) is 5.85. The van der Waals surface area contributed by atoms with Crippen LogP contribution in [0.5, 0.6) is 0 Å². The van der Waals surface area contributed by atoms with Crippen LogP contribution in [-0.2, 0) is 0 Å². The van der Waals surface area contributed by atoms with Crippen LogP contribution in [0, 0.1) is 5.82 Å². The lowest BCUT2D eigenvalue weighted by Crippen LogP contribution is -2.03. The third kappa shape index (κ3) is 3.23. The lowest BCUT2D eigenvalue weighted by molar-refractivity contribution is 0.215. The minimum Gasteiger partial charge on any atom is -0.384 e. The molecule has 3 heteroatoms. The van der Waals surface area contributed by atoms with E-state index in [9.17, 15) is 9.50 Å². The standard InChI is InChI=1S/C16H16BrFO/c1-10(2)11-3-5-12(6-4-11)16(19)14-9-13(17)7-8-15(14)18/h3-10,16,19H,1-2H3. The molecule has 0 saturated heterocycles. The number of hydrogen-bond donors (Lipinski definition) is 1. The van der Waals surface area contributed by atoms with Crippen LogP contribution in [0.15, 0.2) is 46.9 Å². The van der Waals surface area contributed by atoms with Crippen molar-refractivity contribution in [2.75, 3.05) is 0 Å². The molecule has 0 radical (unpaired) electrons. The van der Waals surface area contributed by atoms with Gasteiger partial charge < -0.3 is 5.11 Å². The van der Waals surface area contributed by atoms with Crippen LogP contribution in [0.1, 0.15) is 42.6 Å². The molecule has 2 aromatic rings. The quantitative estimate of drug-likeness (QED) is 0.861. The zero-order valence-electron chi connectivity index (χ0n) is 10.9. The molecule has 0 fully saturated rings. The van der Waals surface area contributed by atoms with E-state index >= 15 is 0 Å². The van der Waals surface area contributed by atoms with Gasteiger partial charge in [0.05, 0.1) is 0 Å². The smallest absolute Gasteiger partial charge is 0.129 e. The van der Waals surface area contributed by atoms with Crippen LogP contribution in [-0.4, -0.2) is 5.11 Å². The maximum Gasteiger partial charge on any atom is 0.129 e. The average Bonchev–Trinajstić information content (AvgIpc) is 2.41. The van der Waals surface area contributed by atoms with Gasteiger partial charge in [0.2, 0.25) is 0 Å². The molecular weight excluding hydrogens is 307 g/mol.